The second kappa shape index (κ2) is 6.94. The van der Waals surface area contributed by atoms with E-state index in [9.17, 15) is 9.59 Å². The summed E-state index contributed by atoms with van der Waals surface area (Å²) in [6.45, 7) is 4.42. The van der Waals surface area contributed by atoms with Gasteiger partial charge in [0.05, 0.1) is 19.8 Å². The fourth-order valence-electron chi connectivity index (χ4n) is 3.83. The van der Waals surface area contributed by atoms with Gasteiger partial charge in [0.1, 0.15) is 5.75 Å². The molecule has 0 heterocycles. The van der Waals surface area contributed by atoms with E-state index in [1.165, 1.54) is 12.7 Å². The van der Waals surface area contributed by atoms with Crippen molar-refractivity contribution in [2.45, 2.75) is 26.2 Å². The van der Waals surface area contributed by atoms with Crippen LogP contribution in [-0.4, -0.2) is 26.0 Å². The molecule has 0 bridgehead atoms. The lowest BCUT2D eigenvalue weighted by Gasteiger charge is -2.04. The Balaban J connectivity index is 1.69. The summed E-state index contributed by atoms with van der Waals surface area (Å²) < 4.78 is 9.90. The number of ether oxygens (including phenoxy) is 2. The molecule has 2 aromatic rings. The van der Waals surface area contributed by atoms with Crippen LogP contribution in [0.5, 0.6) is 5.75 Å². The Morgan fingerprint density at radius 3 is 2.04 bits per heavy atom. The molecule has 1 aliphatic rings. The van der Waals surface area contributed by atoms with Crippen LogP contribution in [0.15, 0.2) is 48.5 Å². The molecule has 0 unspecified atom stereocenters. The van der Waals surface area contributed by atoms with Crippen LogP contribution in [0.2, 0.25) is 0 Å². The molecule has 0 radical (unpaired) electrons. The van der Waals surface area contributed by atoms with E-state index in [1.807, 2.05) is 12.1 Å². The van der Waals surface area contributed by atoms with E-state index in [-0.39, 0.29) is 11.2 Å². The van der Waals surface area contributed by atoms with Gasteiger partial charge in [-0.05, 0) is 47.1 Å². The van der Waals surface area contributed by atoms with Gasteiger partial charge in [0, 0.05) is 12.0 Å². The molecule has 0 amide bonds. The van der Waals surface area contributed by atoms with Gasteiger partial charge in [0.25, 0.3) is 0 Å². The molecule has 1 aliphatic carbocycles. The zero-order valence-corrected chi connectivity index (χ0v) is 15.6. The predicted octanol–water partition coefficient (Wildman–Crippen LogP) is 4.49. The molecular formula is C22H24O4. The van der Waals surface area contributed by atoms with E-state index in [1.54, 1.807) is 31.4 Å². The third-order valence-corrected chi connectivity index (χ3v) is 5.56. The molecule has 2 aromatic carbocycles. The standard InChI is InChI=1S/C22H24O4/c1-22(2)18(20(22)15-9-11-17(25-3)12-10-15)13-19(23)14-5-7-16(8-6-14)21(24)26-4/h5-12,18,20H,13H2,1-4H3/t18-,20-/m0/s1. The number of esters is 1. The molecule has 2 atom stereocenters. The Morgan fingerprint density at radius 2 is 1.50 bits per heavy atom. The van der Waals surface area contributed by atoms with Crippen molar-refractivity contribution in [2.75, 3.05) is 14.2 Å². The van der Waals surface area contributed by atoms with E-state index in [4.69, 9.17) is 4.74 Å². The number of methoxy groups -OCH3 is 2. The first-order chi connectivity index (χ1) is 12.4. The van der Waals surface area contributed by atoms with E-state index in [0.29, 0.717) is 29.4 Å². The first-order valence-electron chi connectivity index (χ1n) is 8.74. The molecule has 0 aliphatic heterocycles. The van der Waals surface area contributed by atoms with Crippen LogP contribution in [0, 0.1) is 11.3 Å². The molecule has 0 N–H and O–H groups in total. The number of benzene rings is 2. The largest absolute Gasteiger partial charge is 0.497 e. The minimum Gasteiger partial charge on any atom is -0.497 e. The quantitative estimate of drug-likeness (QED) is 0.567. The molecule has 26 heavy (non-hydrogen) atoms. The predicted molar refractivity (Wildman–Crippen MR) is 99.7 cm³/mol. The van der Waals surface area contributed by atoms with Crippen LogP contribution >= 0.6 is 0 Å². The fourth-order valence-corrected chi connectivity index (χ4v) is 3.83. The van der Waals surface area contributed by atoms with Crippen molar-refractivity contribution < 1.29 is 19.1 Å². The summed E-state index contributed by atoms with van der Waals surface area (Å²) >= 11 is 0. The van der Waals surface area contributed by atoms with Crippen LogP contribution in [0.4, 0.5) is 0 Å². The van der Waals surface area contributed by atoms with Crippen molar-refractivity contribution in [3.8, 4) is 5.75 Å². The highest BCUT2D eigenvalue weighted by Crippen LogP contribution is 2.66. The van der Waals surface area contributed by atoms with Crippen molar-refractivity contribution in [3.05, 3.63) is 65.2 Å². The van der Waals surface area contributed by atoms with Gasteiger partial charge in [-0.2, -0.15) is 0 Å². The van der Waals surface area contributed by atoms with E-state index in [2.05, 4.69) is 30.7 Å². The minimum absolute atomic E-state index is 0.0935. The van der Waals surface area contributed by atoms with E-state index >= 15 is 0 Å². The number of Topliss-reactive ketones (excluding diaryl/α,β-unsaturated/α-hetero) is 1. The molecule has 0 spiro atoms. The monoisotopic (exact) mass is 352 g/mol. The topological polar surface area (TPSA) is 52.6 Å². The SMILES string of the molecule is COC(=O)c1ccc(C(=O)C[C@H]2[C@H](c3ccc(OC)cc3)C2(C)C)cc1. The Morgan fingerprint density at radius 1 is 0.923 bits per heavy atom. The molecular weight excluding hydrogens is 328 g/mol. The van der Waals surface area contributed by atoms with Gasteiger partial charge in [-0.3, -0.25) is 4.79 Å². The molecule has 3 rings (SSSR count). The number of hydrogen-bond acceptors (Lipinski definition) is 4. The molecule has 4 nitrogen and oxygen atoms in total. The number of rotatable bonds is 6. The van der Waals surface area contributed by atoms with Crippen LogP contribution in [0.25, 0.3) is 0 Å². The lowest BCUT2D eigenvalue weighted by molar-refractivity contribution is 0.0600. The Hall–Kier alpha value is -2.62. The first-order valence-corrected chi connectivity index (χ1v) is 8.74. The van der Waals surface area contributed by atoms with Crippen LogP contribution in [0.3, 0.4) is 0 Å². The maximum atomic E-state index is 12.7. The lowest BCUT2D eigenvalue weighted by atomic mass is 10.0. The maximum absolute atomic E-state index is 12.7. The highest BCUT2D eigenvalue weighted by Gasteiger charge is 2.58. The average molecular weight is 352 g/mol. The van der Waals surface area contributed by atoms with Crippen molar-refractivity contribution in [1.82, 2.24) is 0 Å². The van der Waals surface area contributed by atoms with Crippen molar-refractivity contribution in [2.24, 2.45) is 11.3 Å². The number of carbonyl (C=O) groups is 2. The molecule has 0 saturated heterocycles. The first kappa shape index (κ1) is 18.2. The summed E-state index contributed by atoms with van der Waals surface area (Å²) in [5.41, 5.74) is 2.42. The zero-order valence-electron chi connectivity index (χ0n) is 15.6. The van der Waals surface area contributed by atoms with Crippen LogP contribution in [-0.2, 0) is 4.74 Å². The van der Waals surface area contributed by atoms with Gasteiger partial charge >= 0.3 is 5.97 Å². The summed E-state index contributed by atoms with van der Waals surface area (Å²) in [6, 6.07) is 14.8. The van der Waals surface area contributed by atoms with Crippen molar-refractivity contribution in [1.29, 1.82) is 0 Å². The highest BCUT2D eigenvalue weighted by molar-refractivity contribution is 5.98. The van der Waals surface area contributed by atoms with Gasteiger partial charge in [0.2, 0.25) is 0 Å². The smallest absolute Gasteiger partial charge is 0.337 e. The van der Waals surface area contributed by atoms with Crippen molar-refractivity contribution >= 4 is 11.8 Å². The third-order valence-electron chi connectivity index (χ3n) is 5.56. The summed E-state index contributed by atoms with van der Waals surface area (Å²) in [5, 5.41) is 0. The van der Waals surface area contributed by atoms with E-state index < -0.39 is 5.97 Å². The second-order valence-electron chi connectivity index (χ2n) is 7.37. The number of carbonyl (C=O) groups excluding carboxylic acids is 2. The summed E-state index contributed by atoms with van der Waals surface area (Å²) in [5.74, 6) is 1.23. The number of hydrogen-bond donors (Lipinski definition) is 0. The summed E-state index contributed by atoms with van der Waals surface area (Å²) in [4.78, 5) is 24.2. The Kier molecular flexibility index (Phi) is 4.86. The van der Waals surface area contributed by atoms with Crippen molar-refractivity contribution in [3.63, 3.8) is 0 Å². The summed E-state index contributed by atoms with van der Waals surface area (Å²) in [6.07, 6.45) is 0.501. The molecule has 0 aromatic heterocycles. The summed E-state index contributed by atoms with van der Waals surface area (Å²) in [7, 11) is 3.00. The molecule has 136 valence electrons. The van der Waals surface area contributed by atoms with Gasteiger partial charge in [0.15, 0.2) is 5.78 Å². The lowest BCUT2D eigenvalue weighted by Crippen LogP contribution is -2.05. The average Bonchev–Trinajstić information content (AvgIpc) is 3.21. The minimum atomic E-state index is -0.396. The highest BCUT2D eigenvalue weighted by atomic mass is 16.5. The Labute approximate surface area is 154 Å². The third kappa shape index (κ3) is 3.36. The van der Waals surface area contributed by atoms with Crippen LogP contribution in [0.1, 0.15) is 52.5 Å². The van der Waals surface area contributed by atoms with Crippen LogP contribution < -0.4 is 4.74 Å². The molecule has 4 heteroatoms. The van der Waals surface area contributed by atoms with E-state index in [0.717, 1.165) is 5.75 Å². The van der Waals surface area contributed by atoms with Gasteiger partial charge in [-0.25, -0.2) is 4.79 Å². The Bertz CT molecular complexity index is 803. The molecule has 1 saturated carbocycles. The van der Waals surface area contributed by atoms with Gasteiger partial charge in [-0.1, -0.05) is 38.1 Å². The van der Waals surface area contributed by atoms with Gasteiger partial charge in [-0.15, -0.1) is 0 Å². The molecule has 1 fully saturated rings. The second-order valence-corrected chi connectivity index (χ2v) is 7.37. The maximum Gasteiger partial charge on any atom is 0.337 e. The normalized spacial score (nSPS) is 20.3. The van der Waals surface area contributed by atoms with Gasteiger partial charge < -0.3 is 9.47 Å². The number of ketones is 1. The zero-order chi connectivity index (χ0) is 18.9. The fraction of sp³-hybridized carbons (Fsp3) is 0.364.